The summed E-state index contributed by atoms with van der Waals surface area (Å²) >= 11 is 3.04. The third-order valence-electron chi connectivity index (χ3n) is 3.22. The molecule has 1 N–H and O–H groups in total. The van der Waals surface area contributed by atoms with Gasteiger partial charge in [0.15, 0.2) is 0 Å². The maximum Gasteiger partial charge on any atom is 0.328 e. The van der Waals surface area contributed by atoms with Crippen LogP contribution in [0.4, 0.5) is 0 Å². The molecule has 0 saturated carbocycles. The van der Waals surface area contributed by atoms with Crippen LogP contribution in [0.2, 0.25) is 0 Å². The molecule has 2 rings (SSSR count). The Balaban J connectivity index is 2.10. The summed E-state index contributed by atoms with van der Waals surface area (Å²) in [4.78, 5) is 38.9. The van der Waals surface area contributed by atoms with E-state index in [-0.39, 0.29) is 23.0 Å². The molecule has 1 unspecified atom stereocenters. The van der Waals surface area contributed by atoms with Crippen LogP contribution in [0.5, 0.6) is 0 Å². The van der Waals surface area contributed by atoms with E-state index in [1.807, 2.05) is 6.92 Å². The van der Waals surface area contributed by atoms with Crippen LogP contribution < -0.4 is 11.2 Å². The molecule has 1 aromatic heterocycles. The fourth-order valence-corrected chi connectivity index (χ4v) is 2.38. The van der Waals surface area contributed by atoms with E-state index in [1.165, 1.54) is 10.8 Å². The Labute approximate surface area is 123 Å². The van der Waals surface area contributed by atoms with E-state index >= 15 is 0 Å². The van der Waals surface area contributed by atoms with Gasteiger partial charge < -0.3 is 9.64 Å². The van der Waals surface area contributed by atoms with Crippen LogP contribution in [0, 0.1) is 0 Å². The topological polar surface area (TPSA) is 84.4 Å². The molecule has 0 radical (unpaired) electrons. The van der Waals surface area contributed by atoms with Crippen molar-refractivity contribution >= 4 is 21.8 Å². The molecule has 110 valence electrons. The molecule has 1 amide bonds. The van der Waals surface area contributed by atoms with Crippen LogP contribution in [0.25, 0.3) is 0 Å². The summed E-state index contributed by atoms with van der Waals surface area (Å²) in [6.07, 6.45) is 2.22. The highest BCUT2D eigenvalue weighted by Gasteiger charge is 2.23. The van der Waals surface area contributed by atoms with E-state index in [2.05, 4.69) is 20.9 Å². The van der Waals surface area contributed by atoms with Gasteiger partial charge in [-0.3, -0.25) is 19.1 Å². The predicted octanol–water partition coefficient (Wildman–Crippen LogP) is -0.0635. The van der Waals surface area contributed by atoms with Gasteiger partial charge in [0.2, 0.25) is 5.91 Å². The largest absolute Gasteiger partial charge is 0.375 e. The van der Waals surface area contributed by atoms with Crippen molar-refractivity contribution in [2.45, 2.75) is 26.0 Å². The number of H-pyrrole nitrogens is 1. The van der Waals surface area contributed by atoms with Gasteiger partial charge in [-0.1, -0.05) is 6.92 Å². The van der Waals surface area contributed by atoms with Crippen LogP contribution in [0.1, 0.15) is 13.3 Å². The molecule has 7 nitrogen and oxygen atoms in total. The van der Waals surface area contributed by atoms with Crippen molar-refractivity contribution in [3.8, 4) is 0 Å². The second-order valence-corrected chi connectivity index (χ2v) is 5.46. The van der Waals surface area contributed by atoms with Gasteiger partial charge in [-0.25, -0.2) is 4.79 Å². The summed E-state index contributed by atoms with van der Waals surface area (Å²) in [5.74, 6) is -0.159. The van der Waals surface area contributed by atoms with E-state index in [1.54, 1.807) is 4.90 Å². The monoisotopic (exact) mass is 345 g/mol. The number of rotatable bonds is 3. The molecule has 1 aliphatic heterocycles. The molecular weight excluding hydrogens is 330 g/mol. The number of nitrogens with zero attached hydrogens (tertiary/aromatic N) is 2. The number of hydrogen-bond donors (Lipinski definition) is 1. The lowest BCUT2D eigenvalue weighted by atomic mass is 10.2. The van der Waals surface area contributed by atoms with Gasteiger partial charge in [-0.2, -0.15) is 0 Å². The van der Waals surface area contributed by atoms with Gasteiger partial charge in [0.05, 0.1) is 17.2 Å². The van der Waals surface area contributed by atoms with Gasteiger partial charge in [0, 0.05) is 19.3 Å². The Kier molecular flexibility index (Phi) is 4.77. The first-order valence-corrected chi connectivity index (χ1v) is 7.19. The quantitative estimate of drug-likeness (QED) is 0.831. The third kappa shape index (κ3) is 3.37. The number of carbonyl (C=O) groups excluding carboxylic acids is 1. The minimum absolute atomic E-state index is 0.0479. The number of aromatic amines is 1. The van der Waals surface area contributed by atoms with E-state index < -0.39 is 11.2 Å². The number of morpholine rings is 1. The summed E-state index contributed by atoms with van der Waals surface area (Å²) in [5, 5.41) is 0. The van der Waals surface area contributed by atoms with Crippen molar-refractivity contribution in [3.05, 3.63) is 31.5 Å². The van der Waals surface area contributed by atoms with E-state index in [0.717, 1.165) is 6.42 Å². The minimum Gasteiger partial charge on any atom is -0.375 e. The first kappa shape index (κ1) is 15.0. The first-order chi connectivity index (χ1) is 9.51. The normalized spacial score (nSPS) is 19.1. The molecule has 8 heteroatoms. The van der Waals surface area contributed by atoms with E-state index in [0.29, 0.717) is 19.7 Å². The molecule has 1 aliphatic rings. The number of hydrogen-bond acceptors (Lipinski definition) is 4. The second-order valence-electron chi connectivity index (χ2n) is 4.61. The van der Waals surface area contributed by atoms with Gasteiger partial charge >= 0.3 is 5.69 Å². The maximum absolute atomic E-state index is 12.2. The molecule has 0 aliphatic carbocycles. The van der Waals surface area contributed by atoms with Gasteiger partial charge in [-0.15, -0.1) is 0 Å². The zero-order chi connectivity index (χ0) is 14.7. The highest BCUT2D eigenvalue weighted by molar-refractivity contribution is 9.10. The second kappa shape index (κ2) is 6.36. The average Bonchev–Trinajstić information content (AvgIpc) is 2.44. The standard InChI is InChI=1S/C12H16BrN3O4/c1-2-8-5-15(3-4-20-8)10(17)7-16-6-9(13)11(18)14-12(16)19/h6,8H,2-5,7H2,1H3,(H,14,18,19). The molecular formula is C12H16BrN3O4. The van der Waals surface area contributed by atoms with E-state index in [9.17, 15) is 14.4 Å². The van der Waals surface area contributed by atoms with Crippen LogP contribution in [0.3, 0.4) is 0 Å². The lowest BCUT2D eigenvalue weighted by Crippen LogP contribution is -2.47. The molecule has 1 atom stereocenters. The molecule has 0 bridgehead atoms. The van der Waals surface area contributed by atoms with Crippen molar-refractivity contribution in [1.29, 1.82) is 0 Å². The summed E-state index contributed by atoms with van der Waals surface area (Å²) in [7, 11) is 0. The number of halogens is 1. The van der Waals surface area contributed by atoms with Gasteiger partial charge in [-0.05, 0) is 22.4 Å². The maximum atomic E-state index is 12.2. The zero-order valence-corrected chi connectivity index (χ0v) is 12.7. The van der Waals surface area contributed by atoms with Crippen LogP contribution in [-0.4, -0.2) is 46.2 Å². The highest BCUT2D eigenvalue weighted by Crippen LogP contribution is 2.09. The Morgan fingerprint density at radius 1 is 1.55 bits per heavy atom. The Morgan fingerprint density at radius 2 is 2.30 bits per heavy atom. The SMILES string of the molecule is CCC1CN(C(=O)Cn2cc(Br)c(=O)[nH]c2=O)CCO1. The highest BCUT2D eigenvalue weighted by atomic mass is 79.9. The number of amides is 1. The molecule has 1 aromatic rings. The number of ether oxygens (including phenoxy) is 1. The molecule has 0 spiro atoms. The van der Waals surface area contributed by atoms with Crippen molar-refractivity contribution in [3.63, 3.8) is 0 Å². The molecule has 1 fully saturated rings. The van der Waals surface area contributed by atoms with Crippen molar-refractivity contribution in [2.75, 3.05) is 19.7 Å². The Morgan fingerprint density at radius 3 is 3.00 bits per heavy atom. The van der Waals surface area contributed by atoms with Gasteiger partial charge in [0.1, 0.15) is 6.54 Å². The molecule has 1 saturated heterocycles. The van der Waals surface area contributed by atoms with Crippen molar-refractivity contribution in [2.24, 2.45) is 0 Å². The number of carbonyl (C=O) groups is 1. The van der Waals surface area contributed by atoms with Crippen molar-refractivity contribution in [1.82, 2.24) is 14.5 Å². The molecule has 0 aromatic carbocycles. The lowest BCUT2D eigenvalue weighted by Gasteiger charge is -2.32. The predicted molar refractivity (Wildman–Crippen MR) is 75.6 cm³/mol. The fraction of sp³-hybridized carbons (Fsp3) is 0.583. The summed E-state index contributed by atoms with van der Waals surface area (Å²) < 4.78 is 6.90. The number of nitrogens with one attached hydrogen (secondary N) is 1. The Bertz CT molecular complexity index is 609. The lowest BCUT2D eigenvalue weighted by molar-refractivity contribution is -0.139. The molecule has 2 heterocycles. The smallest absolute Gasteiger partial charge is 0.328 e. The zero-order valence-electron chi connectivity index (χ0n) is 11.1. The van der Waals surface area contributed by atoms with Gasteiger partial charge in [0.25, 0.3) is 5.56 Å². The number of aromatic nitrogens is 2. The summed E-state index contributed by atoms with van der Waals surface area (Å²) in [6, 6.07) is 0. The fourth-order valence-electron chi connectivity index (χ4n) is 2.04. The van der Waals surface area contributed by atoms with Crippen LogP contribution in [0.15, 0.2) is 20.3 Å². The third-order valence-corrected chi connectivity index (χ3v) is 3.78. The Hall–Kier alpha value is -1.41. The van der Waals surface area contributed by atoms with Crippen molar-refractivity contribution < 1.29 is 9.53 Å². The minimum atomic E-state index is -0.591. The summed E-state index contributed by atoms with van der Waals surface area (Å²) in [6.45, 7) is 3.48. The van der Waals surface area contributed by atoms with Crippen LogP contribution in [-0.2, 0) is 16.1 Å². The first-order valence-electron chi connectivity index (χ1n) is 6.40. The summed E-state index contributed by atoms with van der Waals surface area (Å²) in [5.41, 5.74) is -1.09. The van der Waals surface area contributed by atoms with Crippen LogP contribution >= 0.6 is 15.9 Å². The van der Waals surface area contributed by atoms with E-state index in [4.69, 9.17) is 4.74 Å². The molecule has 20 heavy (non-hydrogen) atoms. The average molecular weight is 346 g/mol.